The normalized spacial score (nSPS) is 21.8. The molecule has 2 fully saturated rings. The zero-order valence-corrected chi connectivity index (χ0v) is 12.4. The van der Waals surface area contributed by atoms with Gasteiger partial charge in [-0.25, -0.2) is 4.39 Å². The van der Waals surface area contributed by atoms with Gasteiger partial charge in [0.15, 0.2) is 0 Å². The van der Waals surface area contributed by atoms with Crippen LogP contribution in [0.5, 0.6) is 0 Å². The molecular weight excluding hydrogens is 269 g/mol. The standard InChI is InChI=1S/C16H22FN3O/c1-2-18-10-13-14(17)4-3-5-15(13)19-8-9-20-12(11-19)6-7-16(20)21/h3-5,12,18H,2,6-11H2,1H3. The summed E-state index contributed by atoms with van der Waals surface area (Å²) in [5, 5.41) is 3.21. The fraction of sp³-hybridized carbons (Fsp3) is 0.562. The van der Waals surface area contributed by atoms with Gasteiger partial charge in [-0.15, -0.1) is 0 Å². The third-order valence-electron chi connectivity index (χ3n) is 4.48. The average molecular weight is 291 g/mol. The van der Waals surface area contributed by atoms with Crippen LogP contribution in [0, 0.1) is 5.82 Å². The monoisotopic (exact) mass is 291 g/mol. The number of halogens is 1. The van der Waals surface area contributed by atoms with E-state index in [-0.39, 0.29) is 11.7 Å². The second-order valence-electron chi connectivity index (χ2n) is 5.74. The van der Waals surface area contributed by atoms with E-state index >= 15 is 0 Å². The number of rotatable bonds is 4. The van der Waals surface area contributed by atoms with Gasteiger partial charge in [-0.2, -0.15) is 0 Å². The van der Waals surface area contributed by atoms with E-state index in [1.165, 1.54) is 6.07 Å². The predicted octanol–water partition coefficient (Wildman–Crippen LogP) is 1.75. The van der Waals surface area contributed by atoms with E-state index in [4.69, 9.17) is 0 Å². The van der Waals surface area contributed by atoms with E-state index in [1.54, 1.807) is 6.07 Å². The number of anilines is 1. The molecule has 1 N–H and O–H groups in total. The first-order valence-corrected chi connectivity index (χ1v) is 7.73. The first kappa shape index (κ1) is 14.3. The van der Waals surface area contributed by atoms with Crippen molar-refractivity contribution < 1.29 is 9.18 Å². The second-order valence-corrected chi connectivity index (χ2v) is 5.74. The zero-order chi connectivity index (χ0) is 14.8. The third-order valence-corrected chi connectivity index (χ3v) is 4.48. The summed E-state index contributed by atoms with van der Waals surface area (Å²) in [7, 11) is 0. The summed E-state index contributed by atoms with van der Waals surface area (Å²) in [5.74, 6) is 0.116. The predicted molar refractivity (Wildman–Crippen MR) is 80.7 cm³/mol. The molecular formula is C16H22FN3O. The van der Waals surface area contributed by atoms with Crippen LogP contribution in [-0.2, 0) is 11.3 Å². The molecule has 1 amide bonds. The van der Waals surface area contributed by atoms with Crippen molar-refractivity contribution in [1.82, 2.24) is 10.2 Å². The van der Waals surface area contributed by atoms with Crippen LogP contribution in [-0.4, -0.2) is 43.0 Å². The minimum Gasteiger partial charge on any atom is -0.367 e. The van der Waals surface area contributed by atoms with Gasteiger partial charge in [0.05, 0.1) is 0 Å². The summed E-state index contributed by atoms with van der Waals surface area (Å²) in [6.07, 6.45) is 1.58. The Balaban J connectivity index is 1.81. The highest BCUT2D eigenvalue weighted by atomic mass is 19.1. The lowest BCUT2D eigenvalue weighted by Crippen LogP contribution is -2.51. The summed E-state index contributed by atoms with van der Waals surface area (Å²) >= 11 is 0. The van der Waals surface area contributed by atoms with Crippen LogP contribution in [0.15, 0.2) is 18.2 Å². The molecule has 2 aliphatic rings. The number of piperazine rings is 1. The van der Waals surface area contributed by atoms with Gasteiger partial charge in [-0.1, -0.05) is 13.0 Å². The van der Waals surface area contributed by atoms with Gasteiger partial charge in [-0.05, 0) is 25.1 Å². The van der Waals surface area contributed by atoms with Crippen molar-refractivity contribution in [3.05, 3.63) is 29.6 Å². The van der Waals surface area contributed by atoms with E-state index in [2.05, 4.69) is 10.2 Å². The molecule has 4 nitrogen and oxygen atoms in total. The van der Waals surface area contributed by atoms with Crippen LogP contribution in [0.25, 0.3) is 0 Å². The fourth-order valence-corrected chi connectivity index (χ4v) is 3.35. The molecule has 21 heavy (non-hydrogen) atoms. The summed E-state index contributed by atoms with van der Waals surface area (Å²) in [5.41, 5.74) is 1.70. The van der Waals surface area contributed by atoms with Crippen LogP contribution >= 0.6 is 0 Å². The van der Waals surface area contributed by atoms with E-state index in [0.717, 1.165) is 43.9 Å². The quantitative estimate of drug-likeness (QED) is 0.918. The average Bonchev–Trinajstić information content (AvgIpc) is 2.87. The summed E-state index contributed by atoms with van der Waals surface area (Å²) in [6, 6.07) is 5.57. The molecule has 5 heteroatoms. The molecule has 1 atom stereocenters. The number of nitrogens with zero attached hydrogens (tertiary/aromatic N) is 2. The van der Waals surface area contributed by atoms with Crippen molar-refractivity contribution in [2.75, 3.05) is 31.1 Å². The number of hydrogen-bond donors (Lipinski definition) is 1. The number of carbonyl (C=O) groups is 1. The molecule has 0 radical (unpaired) electrons. The number of hydrogen-bond acceptors (Lipinski definition) is 3. The molecule has 0 bridgehead atoms. The lowest BCUT2D eigenvalue weighted by molar-refractivity contribution is -0.129. The zero-order valence-electron chi connectivity index (χ0n) is 12.4. The first-order valence-electron chi connectivity index (χ1n) is 7.73. The van der Waals surface area contributed by atoms with Crippen molar-refractivity contribution in [3.8, 4) is 0 Å². The number of benzene rings is 1. The van der Waals surface area contributed by atoms with Gasteiger partial charge in [-0.3, -0.25) is 4.79 Å². The molecule has 3 rings (SSSR count). The van der Waals surface area contributed by atoms with Crippen LogP contribution < -0.4 is 10.2 Å². The largest absolute Gasteiger partial charge is 0.367 e. The molecule has 0 aliphatic carbocycles. The van der Waals surface area contributed by atoms with Gasteiger partial charge >= 0.3 is 0 Å². The minimum absolute atomic E-state index is 0.154. The molecule has 0 spiro atoms. The summed E-state index contributed by atoms with van der Waals surface area (Å²) in [6.45, 7) is 5.73. The molecule has 2 saturated heterocycles. The lowest BCUT2D eigenvalue weighted by atomic mass is 10.1. The number of fused-ring (bicyclic) bond motifs is 1. The Kier molecular flexibility index (Phi) is 4.10. The molecule has 114 valence electrons. The Bertz CT molecular complexity index is 534. The second kappa shape index (κ2) is 6.02. The SMILES string of the molecule is CCNCc1c(F)cccc1N1CCN2C(=O)CCC2C1. The van der Waals surface area contributed by atoms with Gasteiger partial charge in [0.1, 0.15) is 5.82 Å². The summed E-state index contributed by atoms with van der Waals surface area (Å²) < 4.78 is 14.1. The number of carbonyl (C=O) groups excluding carboxylic acids is 1. The van der Waals surface area contributed by atoms with Crippen LogP contribution in [0.2, 0.25) is 0 Å². The van der Waals surface area contributed by atoms with Crippen molar-refractivity contribution in [2.24, 2.45) is 0 Å². The maximum Gasteiger partial charge on any atom is 0.223 e. The Morgan fingerprint density at radius 3 is 3.05 bits per heavy atom. The van der Waals surface area contributed by atoms with Gasteiger partial charge in [0.2, 0.25) is 5.91 Å². The molecule has 1 aromatic rings. The number of amides is 1. The molecule has 2 aliphatic heterocycles. The highest BCUT2D eigenvalue weighted by molar-refractivity contribution is 5.79. The van der Waals surface area contributed by atoms with E-state index in [1.807, 2.05) is 17.9 Å². The van der Waals surface area contributed by atoms with Crippen molar-refractivity contribution in [2.45, 2.75) is 32.4 Å². The molecule has 0 saturated carbocycles. The molecule has 1 unspecified atom stereocenters. The highest BCUT2D eigenvalue weighted by Crippen LogP contribution is 2.29. The van der Waals surface area contributed by atoms with E-state index in [9.17, 15) is 9.18 Å². The topological polar surface area (TPSA) is 35.6 Å². The fourth-order valence-electron chi connectivity index (χ4n) is 3.35. The lowest BCUT2D eigenvalue weighted by Gasteiger charge is -2.39. The van der Waals surface area contributed by atoms with Crippen molar-refractivity contribution in [1.29, 1.82) is 0 Å². The van der Waals surface area contributed by atoms with Gasteiger partial charge in [0.25, 0.3) is 0 Å². The minimum atomic E-state index is -0.154. The van der Waals surface area contributed by atoms with Gasteiger partial charge in [0, 0.05) is 49.9 Å². The van der Waals surface area contributed by atoms with Crippen LogP contribution in [0.3, 0.4) is 0 Å². The Hall–Kier alpha value is -1.62. The van der Waals surface area contributed by atoms with Crippen molar-refractivity contribution >= 4 is 11.6 Å². The maximum absolute atomic E-state index is 14.1. The van der Waals surface area contributed by atoms with E-state index in [0.29, 0.717) is 19.0 Å². The van der Waals surface area contributed by atoms with Gasteiger partial charge < -0.3 is 15.1 Å². The Morgan fingerprint density at radius 2 is 2.24 bits per heavy atom. The van der Waals surface area contributed by atoms with Crippen LogP contribution in [0.4, 0.5) is 10.1 Å². The Morgan fingerprint density at radius 1 is 1.38 bits per heavy atom. The molecule has 0 aromatic heterocycles. The maximum atomic E-state index is 14.1. The smallest absolute Gasteiger partial charge is 0.223 e. The first-order chi connectivity index (χ1) is 10.2. The molecule has 1 aromatic carbocycles. The van der Waals surface area contributed by atoms with E-state index < -0.39 is 0 Å². The molecule has 2 heterocycles. The number of nitrogens with one attached hydrogen (secondary N) is 1. The summed E-state index contributed by atoms with van der Waals surface area (Å²) in [4.78, 5) is 16.0. The van der Waals surface area contributed by atoms with Crippen molar-refractivity contribution in [3.63, 3.8) is 0 Å². The Labute approximate surface area is 124 Å². The third kappa shape index (κ3) is 2.75. The highest BCUT2D eigenvalue weighted by Gasteiger charge is 2.36. The van der Waals surface area contributed by atoms with Crippen LogP contribution in [0.1, 0.15) is 25.3 Å².